The number of sulfonamides is 1. The molecule has 1 aromatic rings. The van der Waals surface area contributed by atoms with Crippen LogP contribution in [0.1, 0.15) is 67.7 Å². The highest BCUT2D eigenvalue weighted by Gasteiger charge is 2.34. The van der Waals surface area contributed by atoms with Gasteiger partial charge < -0.3 is 15.5 Å². The molecule has 11 heteroatoms. The van der Waals surface area contributed by atoms with Crippen LogP contribution in [0.4, 0.5) is 10.5 Å². The predicted molar refractivity (Wildman–Crippen MR) is 172 cm³/mol. The molecule has 0 saturated carbocycles. The van der Waals surface area contributed by atoms with Crippen molar-refractivity contribution in [2.24, 2.45) is 16.0 Å². The first-order chi connectivity index (χ1) is 19.4. The van der Waals surface area contributed by atoms with Crippen molar-refractivity contribution in [3.05, 3.63) is 76.5 Å². The zero-order valence-electron chi connectivity index (χ0n) is 25.3. The van der Waals surface area contributed by atoms with Gasteiger partial charge in [-0.15, -0.1) is 0 Å². The van der Waals surface area contributed by atoms with E-state index < -0.39 is 22.0 Å². The maximum absolute atomic E-state index is 12.9. The van der Waals surface area contributed by atoms with Crippen LogP contribution in [0.15, 0.2) is 76.4 Å². The highest BCUT2D eigenvalue weighted by molar-refractivity contribution is 7.93. The standard InChI is InChI=1S/C23H30ClN5O4S.C5H10.C2H6/c1-5-20(34(25,32)33)16(4)15(3)14-26-21(6-2)28-22(30)19-8-7-13-29(19)23(31)27-18-11-9-17(24)10-12-18;1-3-5-4-2;1-2/h5-6,9-12,14-15,19H,4,7-8,13H2,1-3H3,(H,27,31)(H,28,30)(H2,25,32,33);3,5H,4H2,1-2H3;1-2H3/b20-5+,21-6+,26-14-;5-3-;. The number of halogens is 1. The van der Waals surface area contributed by atoms with Crippen LogP contribution in [0.2, 0.25) is 5.02 Å². The molecule has 3 amide bonds. The van der Waals surface area contributed by atoms with Crippen LogP contribution in [0.5, 0.6) is 0 Å². The van der Waals surface area contributed by atoms with Crippen molar-refractivity contribution in [3.8, 4) is 0 Å². The largest absolute Gasteiger partial charge is 0.322 e. The molecule has 4 N–H and O–H groups in total. The molecule has 41 heavy (non-hydrogen) atoms. The number of hydrogen-bond donors (Lipinski definition) is 3. The van der Waals surface area contributed by atoms with Gasteiger partial charge in [0.2, 0.25) is 15.9 Å². The zero-order valence-corrected chi connectivity index (χ0v) is 26.8. The van der Waals surface area contributed by atoms with E-state index in [2.05, 4.69) is 41.3 Å². The van der Waals surface area contributed by atoms with Crippen LogP contribution in [0.25, 0.3) is 0 Å². The quantitative estimate of drug-likeness (QED) is 0.162. The fourth-order valence-corrected chi connectivity index (χ4v) is 4.68. The third-order valence-corrected chi connectivity index (χ3v) is 7.14. The predicted octanol–water partition coefficient (Wildman–Crippen LogP) is 6.77. The summed E-state index contributed by atoms with van der Waals surface area (Å²) in [7, 11) is -3.91. The second-order valence-corrected chi connectivity index (χ2v) is 10.7. The summed E-state index contributed by atoms with van der Waals surface area (Å²) in [5.74, 6) is -0.545. The van der Waals surface area contributed by atoms with Gasteiger partial charge in [0, 0.05) is 29.4 Å². The van der Waals surface area contributed by atoms with E-state index in [1.807, 2.05) is 20.8 Å². The molecule has 1 fully saturated rings. The molecule has 2 rings (SSSR count). The Labute approximate surface area is 251 Å². The Balaban J connectivity index is 0.00000205. The van der Waals surface area contributed by atoms with Gasteiger partial charge in [-0.05, 0) is 75.9 Å². The van der Waals surface area contributed by atoms with Gasteiger partial charge in [-0.1, -0.05) is 64.1 Å². The molecule has 228 valence electrons. The summed E-state index contributed by atoms with van der Waals surface area (Å²) >= 11 is 5.87. The summed E-state index contributed by atoms with van der Waals surface area (Å²) in [5.41, 5.74) is 0.866. The number of likely N-dealkylation sites (tertiary alicyclic amines) is 1. The van der Waals surface area contributed by atoms with Gasteiger partial charge in [0.15, 0.2) is 0 Å². The molecule has 2 unspecified atom stereocenters. The number of primary sulfonamides is 1. The Kier molecular flexibility index (Phi) is 18.2. The topological polar surface area (TPSA) is 134 Å². The fraction of sp³-hybridized carbons (Fsp3) is 0.433. The van der Waals surface area contributed by atoms with E-state index >= 15 is 0 Å². The highest BCUT2D eigenvalue weighted by Crippen LogP contribution is 2.22. The Hall–Kier alpha value is -3.21. The zero-order chi connectivity index (χ0) is 31.6. The lowest BCUT2D eigenvalue weighted by atomic mass is 10.0. The van der Waals surface area contributed by atoms with E-state index in [9.17, 15) is 18.0 Å². The maximum atomic E-state index is 12.9. The lowest BCUT2D eigenvalue weighted by Crippen LogP contribution is -2.47. The maximum Gasteiger partial charge on any atom is 0.322 e. The summed E-state index contributed by atoms with van der Waals surface area (Å²) in [4.78, 5) is 31.3. The number of anilines is 1. The smallest absolute Gasteiger partial charge is 0.312 e. The van der Waals surface area contributed by atoms with Crippen molar-refractivity contribution in [1.29, 1.82) is 0 Å². The molecule has 1 aliphatic rings. The van der Waals surface area contributed by atoms with E-state index in [-0.39, 0.29) is 28.2 Å². The molecule has 9 nitrogen and oxygen atoms in total. The summed E-state index contributed by atoms with van der Waals surface area (Å²) in [6.45, 7) is 17.4. The van der Waals surface area contributed by atoms with Crippen molar-refractivity contribution in [2.75, 3.05) is 11.9 Å². The molecule has 1 saturated heterocycles. The van der Waals surface area contributed by atoms with Gasteiger partial charge in [-0.2, -0.15) is 0 Å². The second kappa shape index (κ2) is 19.8. The van der Waals surface area contributed by atoms with Crippen molar-refractivity contribution in [1.82, 2.24) is 10.2 Å². The van der Waals surface area contributed by atoms with Crippen LogP contribution < -0.4 is 15.8 Å². The Morgan fingerprint density at radius 1 is 1.20 bits per heavy atom. The molecule has 1 heterocycles. The molecule has 0 bridgehead atoms. The second-order valence-electron chi connectivity index (χ2n) is 8.72. The van der Waals surface area contributed by atoms with E-state index in [1.165, 1.54) is 17.2 Å². The summed E-state index contributed by atoms with van der Waals surface area (Å²) in [5, 5.41) is 11.3. The number of rotatable bonds is 9. The minimum Gasteiger partial charge on any atom is -0.312 e. The monoisotopic (exact) mass is 607 g/mol. The minimum absolute atomic E-state index is 0.0641. The summed E-state index contributed by atoms with van der Waals surface area (Å²) < 4.78 is 23.4. The van der Waals surface area contributed by atoms with Crippen LogP contribution in [0.3, 0.4) is 0 Å². The highest BCUT2D eigenvalue weighted by atomic mass is 35.5. The molecule has 0 aliphatic carbocycles. The average molecular weight is 608 g/mol. The molecular formula is C30H46ClN5O4S. The first-order valence-corrected chi connectivity index (χ1v) is 15.7. The molecule has 0 radical (unpaired) electrons. The van der Waals surface area contributed by atoms with E-state index in [4.69, 9.17) is 16.7 Å². The van der Waals surface area contributed by atoms with Crippen LogP contribution in [-0.2, 0) is 14.8 Å². The van der Waals surface area contributed by atoms with Gasteiger partial charge in [0.1, 0.15) is 11.9 Å². The molecular weight excluding hydrogens is 562 g/mol. The van der Waals surface area contributed by atoms with Crippen molar-refractivity contribution in [3.63, 3.8) is 0 Å². The number of carbonyl (C=O) groups excluding carboxylic acids is 2. The molecule has 1 aromatic carbocycles. The van der Waals surface area contributed by atoms with Gasteiger partial charge in [-0.25, -0.2) is 23.3 Å². The number of amides is 3. The van der Waals surface area contributed by atoms with Gasteiger partial charge in [0.05, 0.1) is 4.91 Å². The van der Waals surface area contributed by atoms with Gasteiger partial charge in [-0.3, -0.25) is 4.79 Å². The van der Waals surface area contributed by atoms with Crippen molar-refractivity contribution in [2.45, 2.75) is 73.8 Å². The fourth-order valence-electron chi connectivity index (χ4n) is 3.67. The van der Waals surface area contributed by atoms with Crippen LogP contribution in [-0.4, -0.2) is 44.1 Å². The van der Waals surface area contributed by atoms with Gasteiger partial charge in [0.25, 0.3) is 0 Å². The number of nitrogens with zero attached hydrogens (tertiary/aromatic N) is 2. The molecule has 2 atom stereocenters. The Morgan fingerprint density at radius 3 is 2.27 bits per heavy atom. The van der Waals surface area contributed by atoms with Crippen molar-refractivity contribution < 1.29 is 18.0 Å². The average Bonchev–Trinajstić information content (AvgIpc) is 3.44. The molecule has 0 aromatic heterocycles. The number of nitrogens with two attached hydrogens (primary N) is 1. The number of carbonyl (C=O) groups is 2. The number of benzene rings is 1. The van der Waals surface area contributed by atoms with Crippen molar-refractivity contribution >= 4 is 45.5 Å². The SMILES string of the molecule is C/C=C\CC.C=C(/C(=C\C)S(N)(=O)=O)C(C)/C=N\C(=C/C)NC(=O)C1CCCN1C(=O)Nc1ccc(Cl)cc1.CC. The molecule has 1 aliphatic heterocycles. The lowest BCUT2D eigenvalue weighted by molar-refractivity contribution is -0.123. The normalized spacial score (nSPS) is 16.4. The number of nitrogens with one attached hydrogen (secondary N) is 2. The third-order valence-electron chi connectivity index (χ3n) is 5.78. The first-order valence-electron chi connectivity index (χ1n) is 13.7. The first kappa shape index (κ1) is 37.8. The lowest BCUT2D eigenvalue weighted by Gasteiger charge is -2.24. The number of allylic oxidation sites excluding steroid dienone is 5. The van der Waals surface area contributed by atoms with Gasteiger partial charge >= 0.3 is 6.03 Å². The van der Waals surface area contributed by atoms with Crippen LogP contribution >= 0.6 is 11.6 Å². The number of urea groups is 1. The van der Waals surface area contributed by atoms with E-state index in [0.717, 1.165) is 6.42 Å². The third kappa shape index (κ3) is 13.3. The molecule has 0 spiro atoms. The minimum atomic E-state index is -3.91. The Morgan fingerprint density at radius 2 is 1.80 bits per heavy atom. The number of aliphatic imine (C=N–C) groups is 1. The summed E-state index contributed by atoms with van der Waals surface area (Å²) in [6, 6.07) is 5.67. The number of hydrogen-bond acceptors (Lipinski definition) is 5. The summed E-state index contributed by atoms with van der Waals surface area (Å²) in [6.07, 6.45) is 11.0. The van der Waals surface area contributed by atoms with E-state index in [0.29, 0.717) is 30.1 Å². The van der Waals surface area contributed by atoms with E-state index in [1.54, 1.807) is 51.1 Å². The van der Waals surface area contributed by atoms with Crippen LogP contribution in [0, 0.1) is 5.92 Å². The Bertz CT molecular complexity index is 1220.